The first-order valence-electron chi connectivity index (χ1n) is 39.8. The summed E-state index contributed by atoms with van der Waals surface area (Å²) in [5, 5.41) is 20.6. The van der Waals surface area contributed by atoms with Gasteiger partial charge in [-0.25, -0.2) is 9.13 Å². The van der Waals surface area contributed by atoms with Crippen LogP contribution in [0.2, 0.25) is 0 Å². The van der Waals surface area contributed by atoms with Crippen LogP contribution >= 0.6 is 15.6 Å². The minimum atomic E-state index is -4.94. The predicted octanol–water partition coefficient (Wildman–Crippen LogP) is 23.4. The number of aliphatic hydroxyl groups is 2. The zero-order chi connectivity index (χ0) is 75.2. The summed E-state index contributed by atoms with van der Waals surface area (Å²) in [4.78, 5) is 58.6. The SMILES string of the molecule is CC/C=C\C/C=C\C/C=C\C/C=C\C/C=C\C/C=C\CCCCCCCCCCCCCCC(=O)OCC(O)COP(=O)(O)OCC(O)COP(=O)(O)OCC(COC(=O)CCCCCCCC/C=C\C/C=C\C/C=C\C/C=C\C/C=C\C/C=C\CC)OC(=O)CCCCCCC/C=C\CCCC. The number of phosphoric ester groups is 2. The zero-order valence-corrected chi connectivity index (χ0v) is 66.0. The fourth-order valence-electron chi connectivity index (χ4n) is 10.2. The van der Waals surface area contributed by atoms with E-state index in [1.54, 1.807) is 0 Å². The maximum absolute atomic E-state index is 12.9. The van der Waals surface area contributed by atoms with E-state index in [1.807, 2.05) is 0 Å². The second-order valence-electron chi connectivity index (χ2n) is 26.1. The number of allylic oxidation sites excluding steroid dienone is 26. The maximum Gasteiger partial charge on any atom is 0.472 e. The van der Waals surface area contributed by atoms with Gasteiger partial charge in [0.15, 0.2) is 6.10 Å². The number of carbonyl (C=O) groups is 3. The average Bonchev–Trinajstić information content (AvgIpc) is 0.914. The monoisotopic (exact) mass is 1480 g/mol. The highest BCUT2D eigenvalue weighted by Gasteiger charge is 2.29. The van der Waals surface area contributed by atoms with Crippen molar-refractivity contribution >= 4 is 33.6 Å². The Kier molecular flexibility index (Phi) is 73.2. The molecule has 0 aliphatic rings. The van der Waals surface area contributed by atoms with E-state index in [-0.39, 0.29) is 19.3 Å². The van der Waals surface area contributed by atoms with Crippen LogP contribution < -0.4 is 0 Å². The first-order valence-corrected chi connectivity index (χ1v) is 42.8. The van der Waals surface area contributed by atoms with Gasteiger partial charge in [0.05, 0.1) is 26.4 Å². The molecule has 0 aromatic heterocycles. The lowest BCUT2D eigenvalue weighted by molar-refractivity contribution is -0.161. The van der Waals surface area contributed by atoms with E-state index in [0.29, 0.717) is 19.3 Å². The smallest absolute Gasteiger partial charge is 0.463 e. The molecule has 4 N–H and O–H groups in total. The van der Waals surface area contributed by atoms with Crippen molar-refractivity contribution in [3.05, 3.63) is 158 Å². The Hall–Kier alpha value is -4.83. The normalized spacial score (nSPS) is 14.8. The second-order valence-corrected chi connectivity index (χ2v) is 29.0. The van der Waals surface area contributed by atoms with Gasteiger partial charge in [0.25, 0.3) is 0 Å². The summed E-state index contributed by atoms with van der Waals surface area (Å²) in [6.45, 7) is 2.37. The molecule has 0 aromatic rings. The van der Waals surface area contributed by atoms with Crippen LogP contribution in [0, 0.1) is 0 Å². The zero-order valence-electron chi connectivity index (χ0n) is 64.2. The molecule has 0 aromatic carbocycles. The second kappa shape index (κ2) is 76.8. The van der Waals surface area contributed by atoms with Crippen LogP contribution in [0.5, 0.6) is 0 Å². The standard InChI is InChI=1S/C85H142O16P2/c1-4-7-10-13-16-19-22-24-26-28-30-32-34-36-37-38-39-40-41-43-45-46-48-50-52-54-57-59-62-65-68-71-83(88)95-74-80(86)75-97-102(91,92)98-76-81(87)77-99-103(93,94)100-79-82(101-85(90)73-70-67-64-61-56-21-18-15-12-9-6-3)78-96-84(89)72-69-66-63-60-58-55-53-51-49-47-44-42-35-33-31-29-27-25-23-20-17-14-11-8-5-2/h7-8,10-11,15-20,24-27,30-33,36-37,39-40,42,44,49,51,80-82,86-87H,4-6,9,12-14,21-23,28-29,34-35,38,41,43,45-48,50,52-79H2,1-3H3,(H,91,92)(H,93,94)/b10-7-,11-8-,18-15-,19-16-,20-17-,26-24-,27-25-,32-30-,33-31-,37-36-,40-39-,44-42-,51-49-. The fraction of sp³-hybridized carbons (Fsp3) is 0.659. The highest BCUT2D eigenvalue weighted by atomic mass is 31.2. The van der Waals surface area contributed by atoms with E-state index in [0.717, 1.165) is 180 Å². The van der Waals surface area contributed by atoms with Crippen molar-refractivity contribution in [3.63, 3.8) is 0 Å². The average molecular weight is 1480 g/mol. The number of ether oxygens (including phenoxy) is 3. The van der Waals surface area contributed by atoms with Gasteiger partial charge >= 0.3 is 33.6 Å². The Balaban J connectivity index is 4.46. The van der Waals surface area contributed by atoms with Gasteiger partial charge in [0.2, 0.25) is 0 Å². The van der Waals surface area contributed by atoms with E-state index < -0.39 is 91.5 Å². The van der Waals surface area contributed by atoms with Gasteiger partial charge in [-0.1, -0.05) is 301 Å². The number of esters is 3. The van der Waals surface area contributed by atoms with E-state index >= 15 is 0 Å². The maximum atomic E-state index is 12.9. The molecule has 0 spiro atoms. The third-order valence-electron chi connectivity index (χ3n) is 16.2. The van der Waals surface area contributed by atoms with E-state index in [9.17, 15) is 43.5 Å². The van der Waals surface area contributed by atoms with Crippen LogP contribution in [0.25, 0.3) is 0 Å². The van der Waals surface area contributed by atoms with E-state index in [1.165, 1.54) is 64.2 Å². The topological polar surface area (TPSA) is 231 Å². The van der Waals surface area contributed by atoms with Gasteiger partial charge < -0.3 is 34.2 Å². The molecule has 0 rings (SSSR count). The van der Waals surface area contributed by atoms with Gasteiger partial charge in [-0.2, -0.15) is 0 Å². The first kappa shape index (κ1) is 98.2. The summed E-state index contributed by atoms with van der Waals surface area (Å²) in [6.07, 6.45) is 95.9. The van der Waals surface area contributed by atoms with E-state index in [4.69, 9.17) is 32.3 Å². The van der Waals surface area contributed by atoms with Gasteiger partial charge in [0.1, 0.15) is 25.4 Å². The minimum absolute atomic E-state index is 0.0866. The first-order chi connectivity index (χ1) is 50.2. The molecular weight excluding hydrogens is 1340 g/mol. The Bertz CT molecular complexity index is 2500. The molecule has 0 aliphatic heterocycles. The van der Waals surface area contributed by atoms with Crippen molar-refractivity contribution in [3.8, 4) is 0 Å². The van der Waals surface area contributed by atoms with Crippen molar-refractivity contribution in [1.29, 1.82) is 0 Å². The molecule has 0 fully saturated rings. The summed E-state index contributed by atoms with van der Waals surface area (Å²) < 4.78 is 61.0. The number of hydrogen-bond donors (Lipinski definition) is 4. The number of unbranched alkanes of at least 4 members (excludes halogenated alkanes) is 25. The van der Waals surface area contributed by atoms with E-state index in [2.05, 4.69) is 179 Å². The molecule has 5 unspecified atom stereocenters. The van der Waals surface area contributed by atoms with Gasteiger partial charge in [-0.15, -0.1) is 0 Å². The Morgan fingerprint density at radius 1 is 0.282 bits per heavy atom. The molecule has 0 aliphatic carbocycles. The molecular formula is C85H142O16P2. The third-order valence-corrected chi connectivity index (χ3v) is 18.1. The minimum Gasteiger partial charge on any atom is -0.463 e. The molecule has 103 heavy (non-hydrogen) atoms. The summed E-state index contributed by atoms with van der Waals surface area (Å²) in [5.74, 6) is -1.61. The molecule has 5 atom stereocenters. The van der Waals surface area contributed by atoms with Crippen LogP contribution in [0.15, 0.2) is 158 Å². The van der Waals surface area contributed by atoms with Crippen LogP contribution in [-0.2, 0) is 55.8 Å². The molecule has 18 heteroatoms. The van der Waals surface area contributed by atoms with Crippen LogP contribution in [0.4, 0.5) is 0 Å². The lowest BCUT2D eigenvalue weighted by Crippen LogP contribution is -2.30. The molecule has 0 radical (unpaired) electrons. The van der Waals surface area contributed by atoms with Crippen LogP contribution in [0.1, 0.15) is 303 Å². The molecule has 16 nitrogen and oxygen atoms in total. The Morgan fingerprint density at radius 3 is 0.825 bits per heavy atom. The largest absolute Gasteiger partial charge is 0.472 e. The molecule has 588 valence electrons. The van der Waals surface area contributed by atoms with Crippen molar-refractivity contribution in [2.75, 3.05) is 39.6 Å². The highest BCUT2D eigenvalue weighted by Crippen LogP contribution is 2.45. The van der Waals surface area contributed by atoms with Crippen molar-refractivity contribution < 1.29 is 75.8 Å². The molecule has 0 saturated heterocycles. The third kappa shape index (κ3) is 78.1. The molecule has 0 bridgehead atoms. The van der Waals surface area contributed by atoms with Gasteiger partial charge in [0, 0.05) is 19.3 Å². The number of carbonyl (C=O) groups excluding carboxylic acids is 3. The van der Waals surface area contributed by atoms with Gasteiger partial charge in [-0.05, 0) is 141 Å². The summed E-state index contributed by atoms with van der Waals surface area (Å²) >= 11 is 0. The predicted molar refractivity (Wildman–Crippen MR) is 426 cm³/mol. The van der Waals surface area contributed by atoms with Gasteiger partial charge in [-0.3, -0.25) is 32.5 Å². The quantitative estimate of drug-likeness (QED) is 0.0146. The Labute approximate surface area is 625 Å². The van der Waals surface area contributed by atoms with Crippen molar-refractivity contribution in [2.24, 2.45) is 0 Å². The summed E-state index contributed by atoms with van der Waals surface area (Å²) in [7, 11) is -9.80. The molecule has 0 heterocycles. The molecule has 0 saturated carbocycles. The lowest BCUT2D eigenvalue weighted by Gasteiger charge is -2.21. The van der Waals surface area contributed by atoms with Crippen LogP contribution in [0.3, 0.4) is 0 Å². The highest BCUT2D eigenvalue weighted by molar-refractivity contribution is 7.47. The number of hydrogen-bond acceptors (Lipinski definition) is 14. The Morgan fingerprint density at radius 2 is 0.515 bits per heavy atom. The summed E-state index contributed by atoms with van der Waals surface area (Å²) in [5.41, 5.74) is 0. The lowest BCUT2D eigenvalue weighted by atomic mass is 10.0. The number of rotatable bonds is 74. The fourth-order valence-corrected chi connectivity index (χ4v) is 11.8. The number of aliphatic hydroxyl groups excluding tert-OH is 2. The van der Waals surface area contributed by atoms with Crippen molar-refractivity contribution in [1.82, 2.24) is 0 Å². The van der Waals surface area contributed by atoms with Crippen molar-refractivity contribution in [2.45, 2.75) is 322 Å². The van der Waals surface area contributed by atoms with Crippen LogP contribution in [-0.4, -0.2) is 95.9 Å². The molecule has 0 amide bonds. The summed E-state index contributed by atoms with van der Waals surface area (Å²) in [6, 6.07) is 0. The number of phosphoric acid groups is 2.